The van der Waals surface area contributed by atoms with Gasteiger partial charge >= 0.3 is 0 Å². The summed E-state index contributed by atoms with van der Waals surface area (Å²) in [5.74, 6) is 1.65. The SMILES string of the molecule is CCNC(c1ccccc1C)C1COc2ccccc2O1. The average molecular weight is 283 g/mol. The zero-order valence-electron chi connectivity index (χ0n) is 12.5. The predicted molar refractivity (Wildman–Crippen MR) is 83.9 cm³/mol. The normalized spacial score (nSPS) is 18.3. The molecule has 0 saturated heterocycles. The maximum atomic E-state index is 6.17. The number of hydrogen-bond donors (Lipinski definition) is 1. The second kappa shape index (κ2) is 6.19. The van der Waals surface area contributed by atoms with Gasteiger partial charge in [0.1, 0.15) is 6.61 Å². The molecular weight excluding hydrogens is 262 g/mol. The average Bonchev–Trinajstić information content (AvgIpc) is 2.53. The van der Waals surface area contributed by atoms with Crippen LogP contribution in [0.2, 0.25) is 0 Å². The van der Waals surface area contributed by atoms with E-state index in [0.717, 1.165) is 18.0 Å². The molecule has 0 spiro atoms. The van der Waals surface area contributed by atoms with Crippen LogP contribution in [-0.4, -0.2) is 19.3 Å². The standard InChI is InChI=1S/C18H21NO2/c1-3-19-18(14-9-5-4-8-13(14)2)17-12-20-15-10-6-7-11-16(15)21-17/h4-11,17-19H,3,12H2,1-2H3. The molecule has 2 unspecified atom stereocenters. The number of rotatable bonds is 4. The highest BCUT2D eigenvalue weighted by molar-refractivity contribution is 5.41. The second-order valence-electron chi connectivity index (χ2n) is 5.31. The van der Waals surface area contributed by atoms with Gasteiger partial charge in [0.25, 0.3) is 0 Å². The van der Waals surface area contributed by atoms with Crippen molar-refractivity contribution in [3.63, 3.8) is 0 Å². The van der Waals surface area contributed by atoms with E-state index in [-0.39, 0.29) is 12.1 Å². The summed E-state index contributed by atoms with van der Waals surface area (Å²) in [6, 6.07) is 16.4. The molecule has 0 saturated carbocycles. The third-order valence-electron chi connectivity index (χ3n) is 3.85. The fraction of sp³-hybridized carbons (Fsp3) is 0.333. The van der Waals surface area contributed by atoms with Gasteiger partial charge in [-0.25, -0.2) is 0 Å². The third-order valence-corrected chi connectivity index (χ3v) is 3.85. The zero-order chi connectivity index (χ0) is 14.7. The molecule has 2 aromatic rings. The van der Waals surface area contributed by atoms with Crippen molar-refractivity contribution in [2.24, 2.45) is 0 Å². The molecule has 110 valence electrons. The summed E-state index contributed by atoms with van der Waals surface area (Å²) in [6.07, 6.45) is -0.0269. The van der Waals surface area contributed by atoms with Gasteiger partial charge in [0.05, 0.1) is 6.04 Å². The summed E-state index contributed by atoms with van der Waals surface area (Å²) in [7, 11) is 0. The largest absolute Gasteiger partial charge is 0.486 e. The molecule has 0 aromatic heterocycles. The number of hydrogen-bond acceptors (Lipinski definition) is 3. The van der Waals surface area contributed by atoms with E-state index < -0.39 is 0 Å². The molecule has 3 rings (SSSR count). The molecule has 1 heterocycles. The molecule has 0 aliphatic carbocycles. The van der Waals surface area contributed by atoms with Crippen molar-refractivity contribution in [3.8, 4) is 11.5 Å². The second-order valence-corrected chi connectivity index (χ2v) is 5.31. The number of nitrogens with one attached hydrogen (secondary N) is 1. The highest BCUT2D eigenvalue weighted by atomic mass is 16.6. The Bertz CT molecular complexity index is 612. The van der Waals surface area contributed by atoms with Crippen molar-refractivity contribution in [1.82, 2.24) is 5.32 Å². The van der Waals surface area contributed by atoms with E-state index in [1.165, 1.54) is 11.1 Å². The van der Waals surface area contributed by atoms with Gasteiger partial charge in [-0.15, -0.1) is 0 Å². The Morgan fingerprint density at radius 3 is 2.57 bits per heavy atom. The van der Waals surface area contributed by atoms with Crippen LogP contribution in [0.1, 0.15) is 24.1 Å². The first-order chi connectivity index (χ1) is 10.3. The summed E-state index contributed by atoms with van der Waals surface area (Å²) in [5.41, 5.74) is 2.54. The van der Waals surface area contributed by atoms with E-state index in [1.54, 1.807) is 0 Å². The number of likely N-dealkylation sites (N-methyl/N-ethyl adjacent to an activating group) is 1. The van der Waals surface area contributed by atoms with Gasteiger partial charge in [0.2, 0.25) is 0 Å². The van der Waals surface area contributed by atoms with Crippen LogP contribution in [0, 0.1) is 6.92 Å². The van der Waals surface area contributed by atoms with E-state index >= 15 is 0 Å². The van der Waals surface area contributed by atoms with Gasteiger partial charge in [-0.05, 0) is 36.7 Å². The lowest BCUT2D eigenvalue weighted by Gasteiger charge is -2.33. The highest BCUT2D eigenvalue weighted by Crippen LogP contribution is 2.34. The van der Waals surface area contributed by atoms with Crippen molar-refractivity contribution in [2.75, 3.05) is 13.2 Å². The smallest absolute Gasteiger partial charge is 0.161 e. The number of benzene rings is 2. The van der Waals surface area contributed by atoms with Crippen molar-refractivity contribution >= 4 is 0 Å². The Morgan fingerprint density at radius 2 is 1.81 bits per heavy atom. The Labute approximate surface area is 125 Å². The van der Waals surface area contributed by atoms with Crippen LogP contribution >= 0.6 is 0 Å². The molecule has 0 radical (unpaired) electrons. The predicted octanol–water partition coefficient (Wildman–Crippen LogP) is 3.49. The molecule has 0 bridgehead atoms. The molecule has 2 aromatic carbocycles. The fourth-order valence-electron chi connectivity index (χ4n) is 2.80. The molecule has 0 fully saturated rings. The van der Waals surface area contributed by atoms with Gasteiger partial charge < -0.3 is 14.8 Å². The minimum Gasteiger partial charge on any atom is -0.486 e. The Morgan fingerprint density at radius 1 is 1.10 bits per heavy atom. The molecule has 3 nitrogen and oxygen atoms in total. The molecule has 21 heavy (non-hydrogen) atoms. The van der Waals surface area contributed by atoms with Gasteiger partial charge in [0, 0.05) is 0 Å². The van der Waals surface area contributed by atoms with Crippen LogP contribution in [0.5, 0.6) is 11.5 Å². The Balaban J connectivity index is 1.88. The maximum absolute atomic E-state index is 6.17. The summed E-state index contributed by atoms with van der Waals surface area (Å²) in [4.78, 5) is 0. The first-order valence-corrected chi connectivity index (χ1v) is 7.47. The fourth-order valence-corrected chi connectivity index (χ4v) is 2.80. The number of aryl methyl sites for hydroxylation is 1. The molecule has 1 N–H and O–H groups in total. The maximum Gasteiger partial charge on any atom is 0.161 e. The van der Waals surface area contributed by atoms with Crippen LogP contribution in [0.4, 0.5) is 0 Å². The van der Waals surface area contributed by atoms with Crippen molar-refractivity contribution in [1.29, 1.82) is 0 Å². The quantitative estimate of drug-likeness (QED) is 0.931. The van der Waals surface area contributed by atoms with Crippen molar-refractivity contribution in [3.05, 3.63) is 59.7 Å². The van der Waals surface area contributed by atoms with Crippen LogP contribution in [0.3, 0.4) is 0 Å². The number of ether oxygens (including phenoxy) is 2. The molecule has 2 atom stereocenters. The summed E-state index contributed by atoms with van der Waals surface area (Å²) in [5, 5.41) is 3.54. The van der Waals surface area contributed by atoms with E-state index in [9.17, 15) is 0 Å². The van der Waals surface area contributed by atoms with E-state index in [1.807, 2.05) is 24.3 Å². The third kappa shape index (κ3) is 2.88. The molecular formula is C18H21NO2. The molecule has 0 amide bonds. The highest BCUT2D eigenvalue weighted by Gasteiger charge is 2.30. The van der Waals surface area contributed by atoms with Gasteiger partial charge in [-0.1, -0.05) is 43.3 Å². The lowest BCUT2D eigenvalue weighted by molar-refractivity contribution is 0.0619. The van der Waals surface area contributed by atoms with E-state index in [4.69, 9.17) is 9.47 Å². The number of fused-ring (bicyclic) bond motifs is 1. The minimum absolute atomic E-state index is 0.0269. The monoisotopic (exact) mass is 283 g/mol. The molecule has 1 aliphatic heterocycles. The minimum atomic E-state index is -0.0269. The Hall–Kier alpha value is -2.00. The van der Waals surface area contributed by atoms with Crippen LogP contribution in [-0.2, 0) is 0 Å². The van der Waals surface area contributed by atoms with Gasteiger partial charge in [-0.2, -0.15) is 0 Å². The summed E-state index contributed by atoms with van der Waals surface area (Å²) >= 11 is 0. The van der Waals surface area contributed by atoms with E-state index in [0.29, 0.717) is 6.61 Å². The van der Waals surface area contributed by atoms with Gasteiger partial charge in [0.15, 0.2) is 17.6 Å². The van der Waals surface area contributed by atoms with Crippen LogP contribution in [0.25, 0.3) is 0 Å². The topological polar surface area (TPSA) is 30.5 Å². The first kappa shape index (κ1) is 14.0. The molecule has 3 heteroatoms. The van der Waals surface area contributed by atoms with Crippen LogP contribution in [0.15, 0.2) is 48.5 Å². The Kier molecular flexibility index (Phi) is 4.11. The lowest BCUT2D eigenvalue weighted by Crippen LogP contribution is -2.42. The summed E-state index contributed by atoms with van der Waals surface area (Å²) < 4.78 is 12.0. The molecule has 1 aliphatic rings. The zero-order valence-corrected chi connectivity index (χ0v) is 12.5. The van der Waals surface area contributed by atoms with Gasteiger partial charge in [-0.3, -0.25) is 0 Å². The number of para-hydroxylation sites is 2. The van der Waals surface area contributed by atoms with Crippen molar-refractivity contribution < 1.29 is 9.47 Å². The first-order valence-electron chi connectivity index (χ1n) is 7.47. The van der Waals surface area contributed by atoms with Crippen molar-refractivity contribution in [2.45, 2.75) is 26.0 Å². The van der Waals surface area contributed by atoms with E-state index in [2.05, 4.69) is 43.4 Å². The summed E-state index contributed by atoms with van der Waals surface area (Å²) in [6.45, 7) is 5.70. The van der Waals surface area contributed by atoms with Crippen LogP contribution < -0.4 is 14.8 Å². The lowest BCUT2D eigenvalue weighted by atomic mass is 9.96.